The lowest BCUT2D eigenvalue weighted by Crippen LogP contribution is -2.17. The summed E-state index contributed by atoms with van der Waals surface area (Å²) in [6.45, 7) is 6.29. The maximum Gasteiger partial charge on any atom is 0.226 e. The van der Waals surface area contributed by atoms with Crippen molar-refractivity contribution in [2.45, 2.75) is 46.5 Å². The molecule has 0 saturated carbocycles. The molecule has 2 N–H and O–H groups in total. The maximum atomic E-state index is 11.9. The van der Waals surface area contributed by atoms with Crippen molar-refractivity contribution in [2.75, 3.05) is 10.6 Å². The molecule has 7 heteroatoms. The van der Waals surface area contributed by atoms with Crippen LogP contribution in [0.3, 0.4) is 0 Å². The topological polar surface area (TPSA) is 84.0 Å². The Morgan fingerprint density at radius 2 is 1.68 bits per heavy atom. The van der Waals surface area contributed by atoms with Gasteiger partial charge in [-0.2, -0.15) is 0 Å². The number of amides is 2. The average Bonchev–Trinajstić information content (AvgIpc) is 2.99. The molecule has 0 aliphatic heterocycles. The molecule has 1 heterocycles. The molecule has 0 spiro atoms. The number of benzene rings is 1. The molecular weight excluding hydrogens is 336 g/mol. The van der Waals surface area contributed by atoms with Crippen LogP contribution in [0.1, 0.15) is 44.2 Å². The molecule has 6 nitrogen and oxygen atoms in total. The van der Waals surface area contributed by atoms with Crippen LogP contribution >= 0.6 is 11.3 Å². The summed E-state index contributed by atoms with van der Waals surface area (Å²) in [6.07, 6.45) is 2.03. The van der Waals surface area contributed by atoms with Crippen molar-refractivity contribution in [2.24, 2.45) is 5.92 Å². The van der Waals surface area contributed by atoms with Gasteiger partial charge in [-0.3, -0.25) is 9.59 Å². The van der Waals surface area contributed by atoms with Crippen molar-refractivity contribution >= 4 is 34.0 Å². The summed E-state index contributed by atoms with van der Waals surface area (Å²) >= 11 is 1.38. The van der Waals surface area contributed by atoms with Gasteiger partial charge in [-0.25, -0.2) is 0 Å². The highest BCUT2D eigenvalue weighted by Crippen LogP contribution is 2.18. The van der Waals surface area contributed by atoms with Gasteiger partial charge >= 0.3 is 0 Å². The maximum absolute atomic E-state index is 11.9. The molecule has 1 aromatic heterocycles. The minimum atomic E-state index is -0.233. The van der Waals surface area contributed by atoms with E-state index >= 15 is 0 Å². The number of hydrogen-bond acceptors (Lipinski definition) is 5. The third-order valence-corrected chi connectivity index (χ3v) is 4.38. The van der Waals surface area contributed by atoms with Crippen LogP contribution in [-0.2, 0) is 22.4 Å². The summed E-state index contributed by atoms with van der Waals surface area (Å²) in [5.41, 5.74) is 1.95. The molecule has 0 radical (unpaired) electrons. The zero-order valence-corrected chi connectivity index (χ0v) is 15.7. The van der Waals surface area contributed by atoms with E-state index in [9.17, 15) is 9.59 Å². The quantitative estimate of drug-likeness (QED) is 0.752. The molecule has 0 aliphatic rings. The lowest BCUT2D eigenvalue weighted by atomic mass is 10.1. The van der Waals surface area contributed by atoms with Crippen LogP contribution in [0.2, 0.25) is 0 Å². The number of hydrogen-bond donors (Lipinski definition) is 2. The van der Waals surface area contributed by atoms with Gasteiger partial charge < -0.3 is 10.6 Å². The third-order valence-electron chi connectivity index (χ3n) is 3.52. The van der Waals surface area contributed by atoms with E-state index in [0.29, 0.717) is 11.0 Å². The van der Waals surface area contributed by atoms with E-state index in [-0.39, 0.29) is 24.7 Å². The molecule has 2 amide bonds. The summed E-state index contributed by atoms with van der Waals surface area (Å²) in [5.74, 6) is 0.0764. The predicted octanol–water partition coefficient (Wildman–Crippen LogP) is 3.66. The van der Waals surface area contributed by atoms with E-state index in [1.807, 2.05) is 24.3 Å². The van der Waals surface area contributed by atoms with E-state index in [1.54, 1.807) is 0 Å². The second kappa shape index (κ2) is 9.27. The fourth-order valence-corrected chi connectivity index (χ4v) is 3.16. The van der Waals surface area contributed by atoms with Gasteiger partial charge in [0.1, 0.15) is 5.01 Å². The van der Waals surface area contributed by atoms with Crippen molar-refractivity contribution in [3.63, 3.8) is 0 Å². The lowest BCUT2D eigenvalue weighted by Gasteiger charge is -2.06. The van der Waals surface area contributed by atoms with Crippen LogP contribution in [0.4, 0.5) is 10.8 Å². The first-order valence-corrected chi connectivity index (χ1v) is 9.29. The van der Waals surface area contributed by atoms with Gasteiger partial charge in [0.2, 0.25) is 16.9 Å². The number of rotatable bonds is 8. The van der Waals surface area contributed by atoms with E-state index in [4.69, 9.17) is 0 Å². The van der Waals surface area contributed by atoms with Crippen LogP contribution < -0.4 is 10.6 Å². The first-order chi connectivity index (χ1) is 12.0. The van der Waals surface area contributed by atoms with Crippen LogP contribution in [0, 0.1) is 5.92 Å². The molecule has 2 aromatic rings. The van der Waals surface area contributed by atoms with Gasteiger partial charge in [0, 0.05) is 24.9 Å². The molecule has 0 aliphatic carbocycles. The number of aromatic nitrogens is 2. The number of aryl methyl sites for hydroxylation is 1. The normalized spacial score (nSPS) is 10.7. The van der Waals surface area contributed by atoms with Gasteiger partial charge in [0.25, 0.3) is 0 Å². The minimum absolute atomic E-state index is 0.109. The van der Waals surface area contributed by atoms with Crippen molar-refractivity contribution in [1.82, 2.24) is 10.2 Å². The van der Waals surface area contributed by atoms with Crippen LogP contribution in [0.5, 0.6) is 0 Å². The van der Waals surface area contributed by atoms with E-state index in [0.717, 1.165) is 23.5 Å². The molecule has 0 unspecified atom stereocenters. The number of anilines is 2. The zero-order valence-electron chi connectivity index (χ0n) is 14.8. The van der Waals surface area contributed by atoms with Crippen molar-refractivity contribution < 1.29 is 9.59 Å². The van der Waals surface area contributed by atoms with Gasteiger partial charge in [-0.1, -0.05) is 44.2 Å². The molecule has 2 rings (SSSR count). The van der Waals surface area contributed by atoms with Gasteiger partial charge in [-0.15, -0.1) is 10.2 Å². The fraction of sp³-hybridized carbons (Fsp3) is 0.444. The van der Waals surface area contributed by atoms with Crippen molar-refractivity contribution in [3.8, 4) is 0 Å². The SMILES string of the molecule is CCc1ccc(NC(=O)CCC(=O)Nc2nnc(CC(C)C)s2)cc1. The van der Waals surface area contributed by atoms with Crippen LogP contribution in [0.15, 0.2) is 24.3 Å². The summed E-state index contributed by atoms with van der Waals surface area (Å²) in [6, 6.07) is 7.70. The van der Waals surface area contributed by atoms with Crippen molar-refractivity contribution in [1.29, 1.82) is 0 Å². The Bertz CT molecular complexity index is 710. The summed E-state index contributed by atoms with van der Waals surface area (Å²) < 4.78 is 0. The highest BCUT2D eigenvalue weighted by atomic mass is 32.1. The van der Waals surface area contributed by atoms with Crippen LogP contribution in [-0.4, -0.2) is 22.0 Å². The Labute approximate surface area is 152 Å². The summed E-state index contributed by atoms with van der Waals surface area (Å²) in [4.78, 5) is 23.9. The Morgan fingerprint density at radius 3 is 2.28 bits per heavy atom. The van der Waals surface area contributed by atoms with Gasteiger partial charge in [0.05, 0.1) is 0 Å². The Hall–Kier alpha value is -2.28. The molecule has 25 heavy (non-hydrogen) atoms. The molecule has 1 aromatic carbocycles. The largest absolute Gasteiger partial charge is 0.326 e. The predicted molar refractivity (Wildman–Crippen MR) is 101 cm³/mol. The first-order valence-electron chi connectivity index (χ1n) is 8.47. The van der Waals surface area contributed by atoms with E-state index < -0.39 is 0 Å². The lowest BCUT2D eigenvalue weighted by molar-refractivity contribution is -0.121. The number of nitrogens with one attached hydrogen (secondary N) is 2. The second-order valence-corrected chi connectivity index (χ2v) is 7.31. The average molecular weight is 360 g/mol. The Kier molecular flexibility index (Phi) is 7.06. The molecule has 134 valence electrons. The smallest absolute Gasteiger partial charge is 0.226 e. The first kappa shape index (κ1) is 19.1. The Balaban J connectivity index is 1.75. The highest BCUT2D eigenvalue weighted by molar-refractivity contribution is 7.15. The van der Waals surface area contributed by atoms with Gasteiger partial charge in [-0.05, 0) is 30.0 Å². The Morgan fingerprint density at radius 1 is 1.04 bits per heavy atom. The third kappa shape index (κ3) is 6.62. The monoisotopic (exact) mass is 360 g/mol. The number of carbonyl (C=O) groups excluding carboxylic acids is 2. The van der Waals surface area contributed by atoms with Crippen molar-refractivity contribution in [3.05, 3.63) is 34.8 Å². The molecule has 0 bridgehead atoms. The zero-order chi connectivity index (χ0) is 18.2. The minimum Gasteiger partial charge on any atom is -0.326 e. The number of carbonyl (C=O) groups is 2. The summed E-state index contributed by atoms with van der Waals surface area (Å²) in [7, 11) is 0. The molecule has 0 saturated heterocycles. The van der Waals surface area contributed by atoms with E-state index in [2.05, 4.69) is 41.6 Å². The number of nitrogens with zero attached hydrogens (tertiary/aromatic N) is 2. The summed E-state index contributed by atoms with van der Waals surface area (Å²) in [5, 5.41) is 14.9. The second-order valence-electron chi connectivity index (χ2n) is 6.25. The standard InChI is InChI=1S/C18H24N4O2S/c1-4-13-5-7-14(8-6-13)19-15(23)9-10-16(24)20-18-22-21-17(25-18)11-12(2)3/h5-8,12H,4,9-11H2,1-3H3,(H,19,23)(H,20,22,24). The van der Waals surface area contributed by atoms with Crippen LogP contribution in [0.25, 0.3) is 0 Å². The fourth-order valence-electron chi connectivity index (χ4n) is 2.19. The molecule has 0 atom stereocenters. The highest BCUT2D eigenvalue weighted by Gasteiger charge is 2.11. The molecule has 0 fully saturated rings. The molecular formula is C18H24N4O2S. The van der Waals surface area contributed by atoms with Gasteiger partial charge in [0.15, 0.2) is 0 Å². The van der Waals surface area contributed by atoms with E-state index in [1.165, 1.54) is 16.9 Å².